The first-order valence-electron chi connectivity index (χ1n) is 5.68. The Morgan fingerprint density at radius 2 is 2.05 bits per heavy atom. The van der Waals surface area contributed by atoms with E-state index in [0.717, 1.165) is 14.6 Å². The van der Waals surface area contributed by atoms with Gasteiger partial charge in [0.05, 0.1) is 11.1 Å². The van der Waals surface area contributed by atoms with Crippen molar-refractivity contribution in [2.75, 3.05) is 11.9 Å². The van der Waals surface area contributed by atoms with Crippen molar-refractivity contribution in [3.05, 3.63) is 48.0 Å². The van der Waals surface area contributed by atoms with Crippen LogP contribution in [0.1, 0.15) is 15.8 Å². The lowest BCUT2D eigenvalue weighted by Gasteiger charge is -2.17. The van der Waals surface area contributed by atoms with Crippen molar-refractivity contribution in [3.63, 3.8) is 0 Å². The van der Waals surface area contributed by atoms with Gasteiger partial charge in [0.1, 0.15) is 0 Å². The number of anilines is 1. The number of aryl methyl sites for hydroxylation is 1. The van der Waals surface area contributed by atoms with Gasteiger partial charge < -0.3 is 11.1 Å². The lowest BCUT2D eigenvalue weighted by atomic mass is 10.2. The van der Waals surface area contributed by atoms with Crippen LogP contribution in [0.15, 0.2) is 33.2 Å². The number of hydrogen-bond donors (Lipinski definition) is 2. The summed E-state index contributed by atoms with van der Waals surface area (Å²) in [7, 11) is 0. The second kappa shape index (κ2) is 6.59. The zero-order chi connectivity index (χ0) is 14.0. The normalized spacial score (nSPS) is 12.5. The Bertz CT molecular complexity index is 567. The molecule has 0 saturated heterocycles. The lowest BCUT2D eigenvalue weighted by Crippen LogP contribution is -2.19. The number of halogens is 3. The number of hydrogen-bond acceptors (Lipinski definition) is 3. The van der Waals surface area contributed by atoms with E-state index in [1.807, 2.05) is 18.2 Å². The van der Waals surface area contributed by atoms with Gasteiger partial charge in [0.25, 0.3) is 0 Å². The molecule has 0 radical (unpaired) electrons. The molecule has 2 nitrogen and oxygen atoms in total. The monoisotopic (exact) mass is 422 g/mol. The summed E-state index contributed by atoms with van der Waals surface area (Å²) in [6.45, 7) is 2.62. The van der Waals surface area contributed by atoms with Gasteiger partial charge in [-0.2, -0.15) is 0 Å². The average Bonchev–Trinajstić information content (AvgIpc) is 2.71. The fourth-order valence-corrected chi connectivity index (χ4v) is 3.81. The first-order valence-corrected chi connectivity index (χ1v) is 8.46. The third kappa shape index (κ3) is 3.73. The number of thiophene rings is 1. The lowest BCUT2D eigenvalue weighted by molar-refractivity contribution is 0.805. The molecule has 1 heterocycles. The summed E-state index contributed by atoms with van der Waals surface area (Å²) < 4.78 is 2.00. The van der Waals surface area contributed by atoms with Crippen LogP contribution in [0, 0.1) is 6.92 Å². The topological polar surface area (TPSA) is 38.0 Å². The molecule has 0 saturated carbocycles. The second-order valence-corrected chi connectivity index (χ2v) is 7.52. The molecule has 1 unspecified atom stereocenters. The molecule has 19 heavy (non-hydrogen) atoms. The van der Waals surface area contributed by atoms with Crippen molar-refractivity contribution in [3.8, 4) is 0 Å². The molecule has 1 aromatic heterocycles. The maximum Gasteiger partial charge on any atom is 0.0729 e. The summed E-state index contributed by atoms with van der Waals surface area (Å²) in [6, 6.07) is 7.99. The molecule has 0 aliphatic heterocycles. The van der Waals surface area contributed by atoms with Crippen LogP contribution in [0.4, 0.5) is 5.69 Å². The van der Waals surface area contributed by atoms with Crippen molar-refractivity contribution in [2.24, 2.45) is 5.73 Å². The Morgan fingerprint density at radius 3 is 2.58 bits per heavy atom. The van der Waals surface area contributed by atoms with E-state index in [4.69, 9.17) is 17.3 Å². The highest BCUT2D eigenvalue weighted by molar-refractivity contribution is 9.10. The van der Waals surface area contributed by atoms with E-state index < -0.39 is 0 Å². The number of nitrogens with two attached hydrogens (primary N) is 1. The van der Waals surface area contributed by atoms with E-state index in [-0.39, 0.29) is 6.04 Å². The fraction of sp³-hybridized carbons (Fsp3) is 0.231. The first kappa shape index (κ1) is 15.3. The van der Waals surface area contributed by atoms with Crippen molar-refractivity contribution in [2.45, 2.75) is 13.0 Å². The molecule has 0 fully saturated rings. The molecule has 0 bridgehead atoms. The van der Waals surface area contributed by atoms with Gasteiger partial charge >= 0.3 is 0 Å². The van der Waals surface area contributed by atoms with E-state index in [1.54, 1.807) is 11.3 Å². The highest BCUT2D eigenvalue weighted by Crippen LogP contribution is 2.33. The van der Waals surface area contributed by atoms with Gasteiger partial charge in [-0.1, -0.05) is 11.6 Å². The largest absolute Gasteiger partial charge is 0.376 e. The van der Waals surface area contributed by atoms with E-state index in [2.05, 4.69) is 50.2 Å². The van der Waals surface area contributed by atoms with Crippen LogP contribution >= 0.6 is 54.8 Å². The summed E-state index contributed by atoms with van der Waals surface area (Å²) in [5.74, 6) is 0. The molecule has 0 aliphatic rings. The predicted octanol–water partition coefficient (Wildman–Crippen LogP) is 5.35. The van der Waals surface area contributed by atoms with E-state index in [0.29, 0.717) is 11.6 Å². The molecule has 2 aromatic rings. The Labute approximate surface area is 138 Å². The van der Waals surface area contributed by atoms with Gasteiger partial charge in [-0.05, 0) is 63.0 Å². The molecular formula is C13H13Br2ClN2S. The zero-order valence-corrected chi connectivity index (χ0v) is 15.0. The van der Waals surface area contributed by atoms with Crippen LogP contribution in [0.25, 0.3) is 0 Å². The van der Waals surface area contributed by atoms with E-state index in [9.17, 15) is 0 Å². The standard InChI is InChI=1S/C13H13Br2ClN2S/c1-7-9(14)5-13(19-7)12(6-17)18-8-2-3-11(16)10(15)4-8/h2-5,12,18H,6,17H2,1H3. The van der Waals surface area contributed by atoms with Crippen LogP contribution in [0.5, 0.6) is 0 Å². The van der Waals surface area contributed by atoms with Gasteiger partial charge in [0.15, 0.2) is 0 Å². The van der Waals surface area contributed by atoms with Gasteiger partial charge in [-0.3, -0.25) is 0 Å². The molecular weight excluding hydrogens is 411 g/mol. The molecule has 1 aromatic carbocycles. The maximum atomic E-state index is 5.99. The third-order valence-corrected chi connectivity index (χ3v) is 6.18. The minimum absolute atomic E-state index is 0.100. The Hall–Kier alpha value is -0.0700. The summed E-state index contributed by atoms with van der Waals surface area (Å²) in [4.78, 5) is 2.48. The zero-order valence-electron chi connectivity index (χ0n) is 10.2. The first-order chi connectivity index (χ1) is 9.01. The van der Waals surface area contributed by atoms with Gasteiger partial charge in [0, 0.05) is 30.9 Å². The van der Waals surface area contributed by atoms with Gasteiger partial charge in [-0.15, -0.1) is 11.3 Å². The summed E-state index contributed by atoms with van der Waals surface area (Å²) in [6.07, 6.45) is 0. The van der Waals surface area contributed by atoms with Gasteiger partial charge in [0.2, 0.25) is 0 Å². The number of nitrogens with one attached hydrogen (secondary N) is 1. The molecule has 102 valence electrons. The van der Waals surface area contributed by atoms with Gasteiger partial charge in [-0.25, -0.2) is 0 Å². The Balaban J connectivity index is 2.21. The summed E-state index contributed by atoms with van der Waals surface area (Å²) >= 11 is 14.7. The van der Waals surface area contributed by atoms with Crippen molar-refractivity contribution in [1.29, 1.82) is 0 Å². The Morgan fingerprint density at radius 1 is 1.32 bits per heavy atom. The quantitative estimate of drug-likeness (QED) is 0.695. The second-order valence-electron chi connectivity index (χ2n) is 4.11. The highest BCUT2D eigenvalue weighted by atomic mass is 79.9. The molecule has 1 atom stereocenters. The molecule has 2 rings (SSSR count). The van der Waals surface area contributed by atoms with Crippen LogP contribution in [-0.2, 0) is 0 Å². The number of benzene rings is 1. The molecule has 0 amide bonds. The minimum atomic E-state index is 0.100. The van der Waals surface area contributed by atoms with Crippen LogP contribution in [0.2, 0.25) is 5.02 Å². The molecule has 6 heteroatoms. The van der Waals surface area contributed by atoms with Crippen LogP contribution < -0.4 is 11.1 Å². The summed E-state index contributed by atoms with van der Waals surface area (Å²) in [5.41, 5.74) is 6.87. The minimum Gasteiger partial charge on any atom is -0.376 e. The highest BCUT2D eigenvalue weighted by Gasteiger charge is 2.14. The molecule has 0 aliphatic carbocycles. The Kier molecular flexibility index (Phi) is 5.31. The SMILES string of the molecule is Cc1sc(C(CN)Nc2ccc(Cl)c(Br)c2)cc1Br. The van der Waals surface area contributed by atoms with E-state index in [1.165, 1.54) is 9.75 Å². The van der Waals surface area contributed by atoms with Crippen molar-refractivity contribution < 1.29 is 0 Å². The maximum absolute atomic E-state index is 5.99. The third-order valence-electron chi connectivity index (χ3n) is 2.72. The van der Waals surface area contributed by atoms with Crippen molar-refractivity contribution in [1.82, 2.24) is 0 Å². The van der Waals surface area contributed by atoms with E-state index >= 15 is 0 Å². The molecule has 0 spiro atoms. The molecule has 3 N–H and O–H groups in total. The fourth-order valence-electron chi connectivity index (χ4n) is 1.69. The van der Waals surface area contributed by atoms with Crippen molar-refractivity contribution >= 4 is 60.5 Å². The number of rotatable bonds is 4. The predicted molar refractivity (Wildman–Crippen MR) is 91.3 cm³/mol. The van der Waals surface area contributed by atoms with Crippen LogP contribution in [-0.4, -0.2) is 6.54 Å². The smallest absolute Gasteiger partial charge is 0.0729 e. The average molecular weight is 425 g/mol. The summed E-state index contributed by atoms with van der Waals surface area (Å²) in [5, 5.41) is 4.13. The van der Waals surface area contributed by atoms with Crippen LogP contribution in [0.3, 0.4) is 0 Å².